The molecule has 1 aromatic carbocycles. The summed E-state index contributed by atoms with van der Waals surface area (Å²) in [5.41, 5.74) is 1.89. The first-order valence-corrected chi connectivity index (χ1v) is 5.03. The Bertz CT molecular complexity index is 375. The van der Waals surface area contributed by atoms with Gasteiger partial charge in [0.05, 0.1) is 0 Å². The molecule has 0 saturated heterocycles. The van der Waals surface area contributed by atoms with Gasteiger partial charge in [-0.05, 0) is 24.1 Å². The van der Waals surface area contributed by atoms with Crippen LogP contribution < -0.4 is 11.3 Å². The van der Waals surface area contributed by atoms with E-state index in [1.54, 1.807) is 19.1 Å². The molecule has 1 unspecified atom stereocenters. The third-order valence-electron chi connectivity index (χ3n) is 2.71. The largest absolute Gasteiger partial charge is 0.508 e. The topological polar surface area (TPSA) is 95.6 Å². The lowest BCUT2D eigenvalue weighted by Gasteiger charge is -2.27. The van der Waals surface area contributed by atoms with Crippen molar-refractivity contribution < 1.29 is 15.0 Å². The van der Waals surface area contributed by atoms with Crippen LogP contribution in [0.3, 0.4) is 0 Å². The first kappa shape index (κ1) is 12.5. The van der Waals surface area contributed by atoms with E-state index < -0.39 is 11.5 Å². The van der Waals surface area contributed by atoms with Gasteiger partial charge in [-0.25, -0.2) is 5.43 Å². The Balaban J connectivity index is 2.96. The number of aromatic hydroxyl groups is 1. The number of phenols is 1. The maximum atomic E-state index is 11.2. The van der Waals surface area contributed by atoms with Crippen molar-refractivity contribution in [2.75, 3.05) is 0 Å². The number of carbonyl (C=O) groups is 1. The molecule has 5 nitrogen and oxygen atoms in total. The van der Waals surface area contributed by atoms with Gasteiger partial charge in [-0.15, -0.1) is 0 Å². The van der Waals surface area contributed by atoms with Gasteiger partial charge in [0.15, 0.2) is 0 Å². The molecule has 0 spiro atoms. The second-order valence-electron chi connectivity index (χ2n) is 3.73. The van der Waals surface area contributed by atoms with Crippen molar-refractivity contribution in [3.8, 4) is 5.75 Å². The molecule has 1 rings (SSSR count). The number of nitrogens with one attached hydrogen (secondary N) is 1. The highest BCUT2D eigenvalue weighted by atomic mass is 16.4. The predicted octanol–water partition coefficient (Wildman–Crippen LogP) is 0.631. The first-order valence-electron chi connectivity index (χ1n) is 5.03. The quantitative estimate of drug-likeness (QED) is 0.434. The Morgan fingerprint density at radius 2 is 2.25 bits per heavy atom. The number of nitrogens with two attached hydrogens (primary N) is 1. The zero-order valence-corrected chi connectivity index (χ0v) is 9.10. The Labute approximate surface area is 93.9 Å². The number of carboxylic acid groups (broad SMARTS) is 1. The number of hydrogen-bond acceptors (Lipinski definition) is 4. The Hall–Kier alpha value is -1.59. The number of hydrazine groups is 1. The van der Waals surface area contributed by atoms with Crippen molar-refractivity contribution >= 4 is 5.97 Å². The molecule has 88 valence electrons. The van der Waals surface area contributed by atoms with Gasteiger partial charge < -0.3 is 10.2 Å². The number of carboxylic acids is 1. The van der Waals surface area contributed by atoms with Crippen molar-refractivity contribution in [1.29, 1.82) is 0 Å². The van der Waals surface area contributed by atoms with Gasteiger partial charge in [-0.1, -0.05) is 19.1 Å². The highest BCUT2D eigenvalue weighted by molar-refractivity contribution is 5.79. The standard InChI is InChI=1S/C11H16N2O3/c1-2-11(13-12,10(15)16)7-8-4-3-5-9(14)6-8/h3-6,13-14H,2,7,12H2,1H3,(H,15,16). The van der Waals surface area contributed by atoms with Crippen LogP contribution in [-0.2, 0) is 11.2 Å². The molecule has 0 saturated carbocycles. The number of aliphatic carboxylic acids is 1. The van der Waals surface area contributed by atoms with Crippen molar-refractivity contribution in [3.05, 3.63) is 29.8 Å². The molecule has 1 atom stereocenters. The molecule has 0 radical (unpaired) electrons. The van der Waals surface area contributed by atoms with Crippen LogP contribution in [-0.4, -0.2) is 21.7 Å². The molecule has 0 aliphatic heterocycles. The van der Waals surface area contributed by atoms with E-state index in [0.717, 1.165) is 5.56 Å². The second kappa shape index (κ2) is 4.96. The van der Waals surface area contributed by atoms with Crippen LogP contribution in [0.25, 0.3) is 0 Å². The maximum absolute atomic E-state index is 11.2. The van der Waals surface area contributed by atoms with Crippen LogP contribution in [0.4, 0.5) is 0 Å². The zero-order chi connectivity index (χ0) is 12.2. The monoisotopic (exact) mass is 224 g/mol. The summed E-state index contributed by atoms with van der Waals surface area (Å²) in [6.07, 6.45) is 0.582. The summed E-state index contributed by atoms with van der Waals surface area (Å²) in [5.74, 6) is 4.43. The van der Waals surface area contributed by atoms with Gasteiger partial charge in [0, 0.05) is 6.42 Å². The summed E-state index contributed by atoms with van der Waals surface area (Å²) in [6.45, 7) is 1.75. The fourth-order valence-corrected chi connectivity index (χ4v) is 1.58. The van der Waals surface area contributed by atoms with E-state index in [1.807, 2.05) is 0 Å². The van der Waals surface area contributed by atoms with Gasteiger partial charge in [0.1, 0.15) is 11.3 Å². The predicted molar refractivity (Wildman–Crippen MR) is 59.8 cm³/mol. The van der Waals surface area contributed by atoms with Crippen molar-refractivity contribution in [2.45, 2.75) is 25.3 Å². The molecule has 0 fully saturated rings. The number of hydrogen-bond donors (Lipinski definition) is 4. The average Bonchev–Trinajstić information content (AvgIpc) is 2.25. The van der Waals surface area contributed by atoms with Crippen LogP contribution in [0.5, 0.6) is 5.75 Å². The van der Waals surface area contributed by atoms with Crippen LogP contribution in [0, 0.1) is 0 Å². The van der Waals surface area contributed by atoms with E-state index >= 15 is 0 Å². The smallest absolute Gasteiger partial charge is 0.325 e. The van der Waals surface area contributed by atoms with Crippen molar-refractivity contribution in [3.63, 3.8) is 0 Å². The summed E-state index contributed by atoms with van der Waals surface area (Å²) in [7, 11) is 0. The molecule has 0 aliphatic rings. The fourth-order valence-electron chi connectivity index (χ4n) is 1.58. The van der Waals surface area contributed by atoms with Crippen molar-refractivity contribution in [2.24, 2.45) is 5.84 Å². The molecule has 0 bridgehead atoms. The zero-order valence-electron chi connectivity index (χ0n) is 9.10. The van der Waals surface area contributed by atoms with E-state index in [-0.39, 0.29) is 12.2 Å². The van der Waals surface area contributed by atoms with Crippen LogP contribution in [0.15, 0.2) is 24.3 Å². The van der Waals surface area contributed by atoms with Crippen LogP contribution >= 0.6 is 0 Å². The first-order chi connectivity index (χ1) is 7.54. The SMILES string of the molecule is CCC(Cc1cccc(O)c1)(NN)C(=O)O. The van der Waals surface area contributed by atoms with Crippen LogP contribution in [0.1, 0.15) is 18.9 Å². The summed E-state index contributed by atoms with van der Waals surface area (Å²) >= 11 is 0. The molecule has 0 heterocycles. The van der Waals surface area contributed by atoms with E-state index in [1.165, 1.54) is 12.1 Å². The summed E-state index contributed by atoms with van der Waals surface area (Å²) in [4.78, 5) is 11.2. The van der Waals surface area contributed by atoms with E-state index in [2.05, 4.69) is 5.43 Å². The highest BCUT2D eigenvalue weighted by Crippen LogP contribution is 2.20. The second-order valence-corrected chi connectivity index (χ2v) is 3.73. The van der Waals surface area contributed by atoms with Crippen molar-refractivity contribution in [1.82, 2.24) is 5.43 Å². The molecule has 0 amide bonds. The molecule has 0 aliphatic carbocycles. The van der Waals surface area contributed by atoms with E-state index in [0.29, 0.717) is 6.42 Å². The summed E-state index contributed by atoms with van der Waals surface area (Å²) in [5, 5.41) is 18.4. The minimum Gasteiger partial charge on any atom is -0.508 e. The molecule has 1 aromatic rings. The molecule has 0 aromatic heterocycles. The van der Waals surface area contributed by atoms with Gasteiger partial charge in [-0.2, -0.15) is 0 Å². The maximum Gasteiger partial charge on any atom is 0.325 e. The normalized spacial score (nSPS) is 14.4. The molecule has 5 N–H and O–H groups in total. The average molecular weight is 224 g/mol. The van der Waals surface area contributed by atoms with E-state index in [9.17, 15) is 9.90 Å². The molecular formula is C11H16N2O3. The van der Waals surface area contributed by atoms with Gasteiger partial charge in [0.2, 0.25) is 0 Å². The lowest BCUT2D eigenvalue weighted by molar-refractivity contribution is -0.145. The number of benzene rings is 1. The Morgan fingerprint density at radius 3 is 2.69 bits per heavy atom. The minimum absolute atomic E-state index is 0.116. The number of phenolic OH excluding ortho intramolecular Hbond substituents is 1. The minimum atomic E-state index is -1.19. The van der Waals surface area contributed by atoms with E-state index in [4.69, 9.17) is 10.9 Å². The van der Waals surface area contributed by atoms with Gasteiger partial charge in [-0.3, -0.25) is 10.6 Å². The lowest BCUT2D eigenvalue weighted by Crippen LogP contribution is -2.56. The Kier molecular flexibility index (Phi) is 3.87. The fraction of sp³-hybridized carbons (Fsp3) is 0.364. The van der Waals surface area contributed by atoms with Gasteiger partial charge in [0.25, 0.3) is 0 Å². The highest BCUT2D eigenvalue weighted by Gasteiger charge is 2.35. The molecule has 5 heteroatoms. The number of rotatable bonds is 5. The van der Waals surface area contributed by atoms with Gasteiger partial charge >= 0.3 is 5.97 Å². The third kappa shape index (κ3) is 2.50. The Morgan fingerprint density at radius 1 is 1.56 bits per heavy atom. The molecular weight excluding hydrogens is 208 g/mol. The third-order valence-corrected chi connectivity index (χ3v) is 2.71. The lowest BCUT2D eigenvalue weighted by atomic mass is 9.89. The summed E-state index contributed by atoms with van der Waals surface area (Å²) < 4.78 is 0. The molecule has 16 heavy (non-hydrogen) atoms. The van der Waals surface area contributed by atoms with Crippen LogP contribution in [0.2, 0.25) is 0 Å². The summed E-state index contributed by atoms with van der Waals surface area (Å²) in [6, 6.07) is 6.49.